The van der Waals surface area contributed by atoms with Gasteiger partial charge in [-0.2, -0.15) is 0 Å². The minimum Gasteiger partial charge on any atom is -0.363 e. The lowest BCUT2D eigenvalue weighted by atomic mass is 10.1. The summed E-state index contributed by atoms with van der Waals surface area (Å²) in [5, 5.41) is 0.527. The molecule has 0 radical (unpaired) electrons. The van der Waals surface area contributed by atoms with Crippen LogP contribution in [0.2, 0.25) is 5.02 Å². The Balaban J connectivity index is 2.22. The number of halogens is 1. The first kappa shape index (κ1) is 15.1. The van der Waals surface area contributed by atoms with E-state index in [2.05, 4.69) is 9.71 Å². The van der Waals surface area contributed by atoms with E-state index in [4.69, 9.17) is 17.3 Å². The van der Waals surface area contributed by atoms with Crippen molar-refractivity contribution in [3.05, 3.63) is 52.8 Å². The Morgan fingerprint density at radius 1 is 1.40 bits per heavy atom. The molecule has 0 saturated carbocycles. The Morgan fingerprint density at radius 3 is 2.70 bits per heavy atom. The van der Waals surface area contributed by atoms with Crippen LogP contribution in [0.3, 0.4) is 0 Å². The van der Waals surface area contributed by atoms with Gasteiger partial charge in [0.05, 0.1) is 4.90 Å². The maximum atomic E-state index is 12.2. The van der Waals surface area contributed by atoms with Crippen LogP contribution in [0.1, 0.15) is 24.2 Å². The number of hydrogen-bond donors (Lipinski definition) is 3. The molecule has 7 heteroatoms. The number of aromatic nitrogens is 1. The Hall–Kier alpha value is -1.34. The molecule has 0 aliphatic carbocycles. The summed E-state index contributed by atoms with van der Waals surface area (Å²) in [6.45, 7) is 2.00. The van der Waals surface area contributed by atoms with Crippen LogP contribution in [-0.2, 0) is 16.6 Å². The van der Waals surface area contributed by atoms with Crippen molar-refractivity contribution in [3.8, 4) is 0 Å². The highest BCUT2D eigenvalue weighted by Gasteiger charge is 2.20. The first-order valence-corrected chi connectivity index (χ1v) is 7.94. The molecule has 1 heterocycles. The first-order chi connectivity index (χ1) is 9.44. The Labute approximate surface area is 123 Å². The van der Waals surface area contributed by atoms with E-state index in [0.717, 1.165) is 5.56 Å². The maximum absolute atomic E-state index is 12.2. The van der Waals surface area contributed by atoms with Crippen LogP contribution in [0, 0.1) is 0 Å². The molecule has 1 atom stereocenters. The molecule has 0 saturated heterocycles. The number of H-pyrrole nitrogens is 1. The fraction of sp³-hybridized carbons (Fsp3) is 0.231. The molecular formula is C13H16ClN3O2S. The van der Waals surface area contributed by atoms with Gasteiger partial charge in [-0.15, -0.1) is 0 Å². The molecule has 1 aromatic heterocycles. The van der Waals surface area contributed by atoms with Gasteiger partial charge in [-0.05, 0) is 24.6 Å². The van der Waals surface area contributed by atoms with Crippen LogP contribution in [-0.4, -0.2) is 13.4 Å². The zero-order chi connectivity index (χ0) is 14.8. The summed E-state index contributed by atoms with van der Waals surface area (Å²) in [5.74, 6) is 0. The molecule has 0 spiro atoms. The third kappa shape index (κ3) is 3.21. The summed E-state index contributed by atoms with van der Waals surface area (Å²) in [6, 6.07) is 8.22. The average molecular weight is 314 g/mol. The molecule has 4 N–H and O–H groups in total. The number of aromatic amines is 1. The van der Waals surface area contributed by atoms with Crippen LogP contribution in [0.5, 0.6) is 0 Å². The molecule has 1 aromatic carbocycles. The van der Waals surface area contributed by atoms with Gasteiger partial charge in [0.1, 0.15) is 0 Å². The molecule has 2 rings (SSSR count). The van der Waals surface area contributed by atoms with E-state index in [0.29, 0.717) is 10.7 Å². The highest BCUT2D eigenvalue weighted by molar-refractivity contribution is 7.89. The summed E-state index contributed by atoms with van der Waals surface area (Å²) in [6.07, 6.45) is 1.42. The van der Waals surface area contributed by atoms with Crippen molar-refractivity contribution in [1.82, 2.24) is 9.71 Å². The summed E-state index contributed by atoms with van der Waals surface area (Å²) >= 11 is 6.06. The van der Waals surface area contributed by atoms with E-state index in [9.17, 15) is 8.42 Å². The van der Waals surface area contributed by atoms with E-state index in [1.165, 1.54) is 12.3 Å². The van der Waals surface area contributed by atoms with Gasteiger partial charge in [-0.1, -0.05) is 29.8 Å². The summed E-state index contributed by atoms with van der Waals surface area (Å²) in [7, 11) is -3.61. The largest absolute Gasteiger partial charge is 0.363 e. The van der Waals surface area contributed by atoms with Crippen molar-refractivity contribution in [2.24, 2.45) is 5.73 Å². The highest BCUT2D eigenvalue weighted by atomic mass is 35.5. The number of rotatable bonds is 5. The molecule has 108 valence electrons. The monoisotopic (exact) mass is 313 g/mol. The van der Waals surface area contributed by atoms with Gasteiger partial charge in [0.25, 0.3) is 0 Å². The lowest BCUT2D eigenvalue weighted by Gasteiger charge is -2.15. The van der Waals surface area contributed by atoms with Crippen LogP contribution >= 0.6 is 11.6 Å². The second-order valence-corrected chi connectivity index (χ2v) is 6.55. The van der Waals surface area contributed by atoms with Gasteiger partial charge < -0.3 is 10.7 Å². The molecule has 5 nitrogen and oxygen atoms in total. The van der Waals surface area contributed by atoms with Crippen molar-refractivity contribution in [2.75, 3.05) is 0 Å². The van der Waals surface area contributed by atoms with E-state index in [-0.39, 0.29) is 11.4 Å². The fourth-order valence-corrected chi connectivity index (χ4v) is 3.42. The van der Waals surface area contributed by atoms with E-state index in [1.54, 1.807) is 25.1 Å². The zero-order valence-electron chi connectivity index (χ0n) is 10.9. The fourth-order valence-electron chi connectivity index (χ4n) is 1.88. The first-order valence-electron chi connectivity index (χ1n) is 6.08. The smallest absolute Gasteiger partial charge is 0.242 e. The second-order valence-electron chi connectivity index (χ2n) is 4.43. The lowest BCUT2D eigenvalue weighted by Crippen LogP contribution is -2.26. The van der Waals surface area contributed by atoms with E-state index < -0.39 is 16.1 Å². The zero-order valence-corrected chi connectivity index (χ0v) is 12.5. The van der Waals surface area contributed by atoms with Crippen LogP contribution in [0.4, 0.5) is 0 Å². The number of benzene rings is 1. The Kier molecular flexibility index (Phi) is 4.49. The highest BCUT2D eigenvalue weighted by Crippen LogP contribution is 2.24. The van der Waals surface area contributed by atoms with Crippen molar-refractivity contribution in [3.63, 3.8) is 0 Å². The third-order valence-corrected chi connectivity index (χ3v) is 4.81. The van der Waals surface area contributed by atoms with Crippen molar-refractivity contribution in [1.29, 1.82) is 0 Å². The molecule has 0 amide bonds. The molecule has 2 aromatic rings. The van der Waals surface area contributed by atoms with Gasteiger partial charge in [-0.25, -0.2) is 13.1 Å². The van der Waals surface area contributed by atoms with Crippen LogP contribution in [0.15, 0.2) is 41.4 Å². The summed E-state index contributed by atoms with van der Waals surface area (Å²) in [4.78, 5) is 2.98. The Bertz CT molecular complexity index is 697. The van der Waals surface area contributed by atoms with Crippen molar-refractivity contribution in [2.45, 2.75) is 24.4 Å². The van der Waals surface area contributed by atoms with Gasteiger partial charge in [0.2, 0.25) is 10.0 Å². The molecule has 0 bridgehead atoms. The second kappa shape index (κ2) is 5.97. The standard InChI is InChI=1S/C13H16ClN3O2S/c1-9(12-4-2-3-5-13(12)14)17-20(18,19)11-6-10(7-15)16-8-11/h2-6,8-9,16-17H,7,15H2,1H3. The molecule has 0 aliphatic rings. The van der Waals surface area contributed by atoms with Crippen molar-refractivity contribution < 1.29 is 8.42 Å². The quantitative estimate of drug-likeness (QED) is 0.790. The Morgan fingerprint density at radius 2 is 2.10 bits per heavy atom. The summed E-state index contributed by atoms with van der Waals surface area (Å²) in [5.41, 5.74) is 6.85. The van der Waals surface area contributed by atoms with Crippen LogP contribution in [0.25, 0.3) is 0 Å². The van der Waals surface area contributed by atoms with Gasteiger partial charge in [0.15, 0.2) is 0 Å². The van der Waals surface area contributed by atoms with Crippen LogP contribution < -0.4 is 10.5 Å². The normalized spacial score (nSPS) is 13.3. The molecule has 0 aliphatic heterocycles. The number of sulfonamides is 1. The number of hydrogen-bond acceptors (Lipinski definition) is 3. The minimum atomic E-state index is -3.61. The number of nitrogens with one attached hydrogen (secondary N) is 2. The average Bonchev–Trinajstić information content (AvgIpc) is 2.88. The number of nitrogens with two attached hydrogens (primary N) is 1. The predicted octanol–water partition coefficient (Wildman–Crippen LogP) is 2.17. The van der Waals surface area contributed by atoms with Crippen molar-refractivity contribution >= 4 is 21.6 Å². The summed E-state index contributed by atoms with van der Waals surface area (Å²) < 4.78 is 27.1. The SMILES string of the molecule is CC(NS(=O)(=O)c1c[nH]c(CN)c1)c1ccccc1Cl. The van der Waals surface area contributed by atoms with E-state index >= 15 is 0 Å². The van der Waals surface area contributed by atoms with Gasteiger partial charge in [0, 0.05) is 29.5 Å². The predicted molar refractivity (Wildman–Crippen MR) is 78.9 cm³/mol. The molecule has 1 unspecified atom stereocenters. The lowest BCUT2D eigenvalue weighted by molar-refractivity contribution is 0.567. The van der Waals surface area contributed by atoms with Gasteiger partial charge >= 0.3 is 0 Å². The van der Waals surface area contributed by atoms with Gasteiger partial charge in [-0.3, -0.25) is 0 Å². The maximum Gasteiger partial charge on any atom is 0.242 e. The minimum absolute atomic E-state index is 0.164. The van der Waals surface area contributed by atoms with E-state index in [1.807, 2.05) is 6.07 Å². The third-order valence-electron chi connectivity index (χ3n) is 2.95. The molecule has 0 fully saturated rings. The molecular weight excluding hydrogens is 298 g/mol. The topological polar surface area (TPSA) is 88.0 Å². The molecule has 20 heavy (non-hydrogen) atoms.